The Morgan fingerprint density at radius 1 is 1.18 bits per heavy atom. The van der Waals surface area contributed by atoms with E-state index in [-0.39, 0.29) is 18.3 Å². The minimum absolute atomic E-state index is 0.0176. The van der Waals surface area contributed by atoms with Crippen LogP contribution in [0.4, 0.5) is 0 Å². The molecule has 1 N–H and O–H groups in total. The largest absolute Gasteiger partial charge is 0.481 e. The Labute approximate surface area is 203 Å². The minimum atomic E-state index is -0.843. The Bertz CT molecular complexity index is 878. The summed E-state index contributed by atoms with van der Waals surface area (Å²) in [5.41, 5.74) is 0.293. The van der Waals surface area contributed by atoms with Crippen molar-refractivity contribution in [3.63, 3.8) is 0 Å². The zero-order valence-electron chi connectivity index (χ0n) is 19.4. The van der Waals surface area contributed by atoms with Crippen molar-refractivity contribution in [1.29, 1.82) is 0 Å². The number of hydrogen-bond acceptors (Lipinski definition) is 6. The minimum Gasteiger partial charge on any atom is -0.481 e. The molecule has 0 radical (unpaired) electrons. The molecule has 1 aromatic rings. The summed E-state index contributed by atoms with van der Waals surface area (Å²) in [6.07, 6.45) is 2.71. The molecular formula is C25H33BrO7. The summed E-state index contributed by atoms with van der Waals surface area (Å²) in [4.78, 5) is 23.4. The van der Waals surface area contributed by atoms with Crippen LogP contribution in [-0.4, -0.2) is 35.0 Å². The topological polar surface area (TPSA) is 83.5 Å². The Hall–Kier alpha value is -1.03. The van der Waals surface area contributed by atoms with E-state index < -0.39 is 36.0 Å². The number of benzene rings is 1. The third-order valence-electron chi connectivity index (χ3n) is 8.26. The van der Waals surface area contributed by atoms with Gasteiger partial charge in [-0.15, -0.1) is 0 Å². The van der Waals surface area contributed by atoms with E-state index in [2.05, 4.69) is 29.8 Å². The summed E-state index contributed by atoms with van der Waals surface area (Å²) >= 11 is 3.47. The quantitative estimate of drug-likeness (QED) is 0.486. The van der Waals surface area contributed by atoms with Gasteiger partial charge in [0.15, 0.2) is 18.2 Å². The van der Waals surface area contributed by atoms with Crippen molar-refractivity contribution in [3.8, 4) is 0 Å². The summed E-state index contributed by atoms with van der Waals surface area (Å²) in [6.45, 7) is 6.34. The molecule has 1 spiro atoms. The van der Waals surface area contributed by atoms with Gasteiger partial charge in [0, 0.05) is 29.2 Å². The first-order valence-corrected chi connectivity index (χ1v) is 12.8. The van der Waals surface area contributed by atoms with Gasteiger partial charge in [-0.25, -0.2) is 9.78 Å². The number of carbonyl (C=O) groups is 1. The second-order valence-electron chi connectivity index (χ2n) is 10.4. The van der Waals surface area contributed by atoms with Crippen molar-refractivity contribution in [2.24, 2.45) is 23.7 Å². The standard InChI is InChI=1S/C25H33BrO7/c1-14-4-9-19-15(2)22(29-20(10-11-21(27)28)16-5-7-17(26)8-6-16)30-23-25(19)18(14)12-13-24(3,31-23)32-33-25/h5-8,14-15,18-20,22-23H,4,9-13H2,1-3H3,(H,27,28)/t14-,15-,18+,19?,20?,22?,23-,24+,25-/m1/s1. The summed E-state index contributed by atoms with van der Waals surface area (Å²) in [5.74, 6) is -0.691. The molecule has 5 fully saturated rings. The first kappa shape index (κ1) is 23.7. The van der Waals surface area contributed by atoms with Crippen LogP contribution in [0.15, 0.2) is 28.7 Å². The molecule has 0 amide bonds. The maximum Gasteiger partial charge on any atom is 0.303 e. The van der Waals surface area contributed by atoms with Crippen LogP contribution in [-0.2, 0) is 28.8 Å². The Balaban J connectivity index is 1.43. The van der Waals surface area contributed by atoms with E-state index in [1.165, 1.54) is 0 Å². The highest BCUT2D eigenvalue weighted by molar-refractivity contribution is 9.10. The van der Waals surface area contributed by atoms with Gasteiger partial charge in [-0.05, 0) is 62.1 Å². The third-order valence-corrected chi connectivity index (χ3v) is 8.79. The van der Waals surface area contributed by atoms with E-state index in [0.29, 0.717) is 18.3 Å². The van der Waals surface area contributed by atoms with Crippen molar-refractivity contribution in [3.05, 3.63) is 34.3 Å². The number of hydrogen-bond donors (Lipinski definition) is 1. The smallest absolute Gasteiger partial charge is 0.303 e. The molecule has 182 valence electrons. The molecule has 4 aliphatic heterocycles. The number of halogens is 1. The van der Waals surface area contributed by atoms with Crippen LogP contribution in [0.2, 0.25) is 0 Å². The van der Waals surface area contributed by atoms with Crippen LogP contribution < -0.4 is 0 Å². The predicted octanol–water partition coefficient (Wildman–Crippen LogP) is 5.58. The molecule has 1 aromatic carbocycles. The van der Waals surface area contributed by atoms with Gasteiger partial charge in [-0.1, -0.05) is 41.9 Å². The maximum atomic E-state index is 11.3. The van der Waals surface area contributed by atoms with Crippen molar-refractivity contribution in [1.82, 2.24) is 0 Å². The van der Waals surface area contributed by atoms with Gasteiger partial charge < -0.3 is 19.3 Å². The van der Waals surface area contributed by atoms with Crippen LogP contribution in [0.1, 0.15) is 71.0 Å². The van der Waals surface area contributed by atoms with E-state index >= 15 is 0 Å². The molecule has 0 aromatic heterocycles. The molecule has 1 aliphatic carbocycles. The zero-order valence-corrected chi connectivity index (χ0v) is 21.0. The third kappa shape index (κ3) is 4.17. The highest BCUT2D eigenvalue weighted by atomic mass is 79.9. The fraction of sp³-hybridized carbons (Fsp3) is 0.720. The van der Waals surface area contributed by atoms with Gasteiger partial charge in [-0.2, -0.15) is 0 Å². The van der Waals surface area contributed by atoms with Crippen molar-refractivity contribution >= 4 is 21.9 Å². The molecule has 2 bridgehead atoms. The van der Waals surface area contributed by atoms with E-state index in [1.807, 2.05) is 31.2 Å². The number of fused-ring (bicyclic) bond motifs is 2. The molecule has 1 saturated carbocycles. The van der Waals surface area contributed by atoms with Gasteiger partial charge in [0.2, 0.25) is 5.79 Å². The summed E-state index contributed by atoms with van der Waals surface area (Å²) < 4.78 is 20.5. The maximum absolute atomic E-state index is 11.3. The number of rotatable bonds is 6. The molecule has 5 aliphatic rings. The van der Waals surface area contributed by atoms with E-state index in [0.717, 1.165) is 35.7 Å². The first-order valence-electron chi connectivity index (χ1n) is 12.0. The molecule has 8 heteroatoms. The normalized spacial score (nSPS) is 42.9. The number of ether oxygens (including phenoxy) is 3. The first-order chi connectivity index (χ1) is 15.7. The monoisotopic (exact) mass is 524 g/mol. The molecule has 4 saturated heterocycles. The van der Waals surface area contributed by atoms with Gasteiger partial charge in [0.25, 0.3) is 0 Å². The van der Waals surface area contributed by atoms with Gasteiger partial charge in [0.1, 0.15) is 0 Å². The molecule has 7 nitrogen and oxygen atoms in total. The Morgan fingerprint density at radius 3 is 2.67 bits per heavy atom. The lowest BCUT2D eigenvalue weighted by Gasteiger charge is -2.60. The lowest BCUT2D eigenvalue weighted by molar-refractivity contribution is -0.578. The van der Waals surface area contributed by atoms with Gasteiger partial charge >= 0.3 is 5.97 Å². The van der Waals surface area contributed by atoms with Crippen molar-refractivity contribution in [2.75, 3.05) is 0 Å². The molecule has 9 atom stereocenters. The number of carboxylic acids is 1. The fourth-order valence-electron chi connectivity index (χ4n) is 6.43. The van der Waals surface area contributed by atoms with E-state index in [4.69, 9.17) is 24.0 Å². The van der Waals surface area contributed by atoms with Crippen LogP contribution in [0.25, 0.3) is 0 Å². The van der Waals surface area contributed by atoms with Crippen LogP contribution in [0.3, 0.4) is 0 Å². The van der Waals surface area contributed by atoms with Crippen molar-refractivity contribution in [2.45, 2.75) is 89.4 Å². The van der Waals surface area contributed by atoms with Crippen molar-refractivity contribution < 1.29 is 33.9 Å². The summed E-state index contributed by atoms with van der Waals surface area (Å²) in [7, 11) is 0. The lowest BCUT2D eigenvalue weighted by Crippen LogP contribution is -2.70. The van der Waals surface area contributed by atoms with E-state index in [9.17, 15) is 9.90 Å². The lowest BCUT2D eigenvalue weighted by atomic mass is 9.58. The number of carboxylic acid groups (broad SMARTS) is 1. The second-order valence-corrected chi connectivity index (χ2v) is 11.3. The summed E-state index contributed by atoms with van der Waals surface area (Å²) in [6, 6.07) is 7.82. The highest BCUT2D eigenvalue weighted by Gasteiger charge is 2.69. The molecule has 33 heavy (non-hydrogen) atoms. The highest BCUT2D eigenvalue weighted by Crippen LogP contribution is 2.60. The van der Waals surface area contributed by atoms with Crippen LogP contribution in [0.5, 0.6) is 0 Å². The predicted molar refractivity (Wildman–Crippen MR) is 122 cm³/mol. The van der Waals surface area contributed by atoms with Gasteiger partial charge in [-0.3, -0.25) is 4.79 Å². The van der Waals surface area contributed by atoms with E-state index in [1.54, 1.807) is 0 Å². The molecular weight excluding hydrogens is 492 g/mol. The average Bonchev–Trinajstić information content (AvgIpc) is 3.01. The summed E-state index contributed by atoms with van der Waals surface area (Å²) in [5, 5.41) is 9.29. The van der Waals surface area contributed by atoms with Gasteiger partial charge in [0.05, 0.1) is 6.10 Å². The molecule has 3 unspecified atom stereocenters. The zero-order chi connectivity index (χ0) is 23.4. The second kappa shape index (κ2) is 8.88. The van der Waals surface area contributed by atoms with Crippen LogP contribution >= 0.6 is 15.9 Å². The SMILES string of the molecule is C[C@H]1C(OC(CCC(=O)O)c2ccc(Br)cc2)O[C@@H]2O[C@]3(C)CC[C@H]4[C@H](C)CCC1[C@@]24OO3. The fourth-order valence-corrected chi connectivity index (χ4v) is 6.70. The molecule has 4 heterocycles. The average molecular weight is 525 g/mol. The Morgan fingerprint density at radius 2 is 1.94 bits per heavy atom. The van der Waals surface area contributed by atoms with Crippen LogP contribution in [0, 0.1) is 23.7 Å². The number of aliphatic carboxylic acids is 1. The molecule has 6 rings (SSSR count). The Kier molecular flexibility index (Phi) is 6.38.